The van der Waals surface area contributed by atoms with Crippen molar-refractivity contribution in [1.82, 2.24) is 14.8 Å². The Labute approximate surface area is 219 Å². The monoisotopic (exact) mass is 520 g/mol. The summed E-state index contributed by atoms with van der Waals surface area (Å²) >= 11 is 1.59. The molecule has 0 radical (unpaired) electrons. The van der Waals surface area contributed by atoms with Gasteiger partial charge in [-0.2, -0.15) is 5.10 Å². The Balaban J connectivity index is 1.38. The average molecular weight is 521 g/mol. The van der Waals surface area contributed by atoms with Crippen LogP contribution >= 0.6 is 11.3 Å². The minimum Gasteiger partial charge on any atom is -0.379 e. The van der Waals surface area contributed by atoms with Crippen LogP contribution in [0.2, 0.25) is 0 Å². The second kappa shape index (κ2) is 11.8. The highest BCUT2D eigenvalue weighted by molar-refractivity contribution is 7.12. The van der Waals surface area contributed by atoms with Crippen molar-refractivity contribution in [2.75, 3.05) is 45.9 Å². The van der Waals surface area contributed by atoms with Gasteiger partial charge in [0, 0.05) is 38.2 Å². The number of benzene rings is 2. The van der Waals surface area contributed by atoms with Crippen LogP contribution in [-0.4, -0.2) is 78.3 Å². The summed E-state index contributed by atoms with van der Waals surface area (Å²) in [4.78, 5) is 31.9. The van der Waals surface area contributed by atoms with E-state index in [1.54, 1.807) is 17.4 Å². The van der Waals surface area contributed by atoms with Gasteiger partial charge in [0.15, 0.2) is 0 Å². The van der Waals surface area contributed by atoms with Crippen LogP contribution in [-0.2, 0) is 9.53 Å². The van der Waals surface area contributed by atoms with Gasteiger partial charge in [-0.15, -0.1) is 11.3 Å². The maximum absolute atomic E-state index is 13.9. The smallest absolute Gasteiger partial charge is 0.262 e. The zero-order chi connectivity index (χ0) is 25.6. The minimum absolute atomic E-state index is 0.149. The zero-order valence-electron chi connectivity index (χ0n) is 20.5. The van der Waals surface area contributed by atoms with Crippen LogP contribution in [0.25, 0.3) is 0 Å². The van der Waals surface area contributed by atoms with Crippen LogP contribution in [0.1, 0.15) is 33.3 Å². The van der Waals surface area contributed by atoms with Crippen LogP contribution in [0, 0.1) is 5.82 Å². The van der Waals surface area contributed by atoms with Gasteiger partial charge in [0.05, 0.1) is 29.8 Å². The van der Waals surface area contributed by atoms with Crippen LogP contribution in [0.15, 0.2) is 77.2 Å². The number of halogens is 1. The molecular formula is C28H29FN4O3S. The van der Waals surface area contributed by atoms with E-state index < -0.39 is 5.82 Å². The number of carbonyl (C=O) groups is 2. The molecule has 1 atom stereocenters. The summed E-state index contributed by atoms with van der Waals surface area (Å²) in [7, 11) is 0. The van der Waals surface area contributed by atoms with Crippen molar-refractivity contribution >= 4 is 28.9 Å². The molecule has 1 unspecified atom stereocenters. The first-order chi connectivity index (χ1) is 18.1. The fourth-order valence-electron chi connectivity index (χ4n) is 4.65. The summed E-state index contributed by atoms with van der Waals surface area (Å²) in [6.45, 7) is 3.62. The predicted octanol–water partition coefficient (Wildman–Crippen LogP) is 4.04. The lowest BCUT2D eigenvalue weighted by molar-refractivity contribution is -0.133. The third-order valence-electron chi connectivity index (χ3n) is 6.63. The largest absolute Gasteiger partial charge is 0.379 e. The number of morpholine rings is 1. The molecule has 3 heterocycles. The van der Waals surface area contributed by atoms with Gasteiger partial charge in [-0.05, 0) is 35.2 Å². The molecule has 2 aromatic carbocycles. The predicted molar refractivity (Wildman–Crippen MR) is 141 cm³/mol. The Bertz CT molecular complexity index is 1250. The zero-order valence-corrected chi connectivity index (χ0v) is 21.3. The number of ether oxygens (including phenoxy) is 1. The number of thiophene rings is 1. The van der Waals surface area contributed by atoms with Gasteiger partial charge in [-0.25, -0.2) is 9.40 Å². The van der Waals surface area contributed by atoms with E-state index in [0.717, 1.165) is 29.2 Å². The Morgan fingerprint density at radius 1 is 1.05 bits per heavy atom. The lowest BCUT2D eigenvalue weighted by Gasteiger charge is -2.31. The number of rotatable bonds is 8. The number of carbonyl (C=O) groups excluding carboxylic acids is 2. The van der Waals surface area contributed by atoms with Crippen molar-refractivity contribution in [2.24, 2.45) is 5.10 Å². The molecule has 0 N–H and O–H groups in total. The number of hydrazone groups is 1. The molecule has 3 aromatic rings. The number of nitrogens with zero attached hydrogens (tertiary/aromatic N) is 4. The van der Waals surface area contributed by atoms with Crippen molar-refractivity contribution in [1.29, 1.82) is 0 Å². The number of hydrogen-bond donors (Lipinski definition) is 0. The molecule has 0 spiro atoms. The SMILES string of the molecule is O=C(c1cccc(F)c1)N(CCN1CCOCC1)CC(=O)N1N=C(c2cccs2)CC1c1ccccc1. The van der Waals surface area contributed by atoms with E-state index in [4.69, 9.17) is 9.84 Å². The lowest BCUT2D eigenvalue weighted by Crippen LogP contribution is -2.46. The highest BCUT2D eigenvalue weighted by Crippen LogP contribution is 2.33. The van der Waals surface area contributed by atoms with E-state index in [0.29, 0.717) is 32.7 Å². The minimum atomic E-state index is -0.487. The van der Waals surface area contributed by atoms with Crippen LogP contribution in [0.3, 0.4) is 0 Å². The van der Waals surface area contributed by atoms with Crippen LogP contribution < -0.4 is 0 Å². The van der Waals surface area contributed by atoms with Gasteiger partial charge in [-0.1, -0.05) is 42.5 Å². The molecule has 1 aromatic heterocycles. The number of amides is 2. The topological polar surface area (TPSA) is 65.5 Å². The van der Waals surface area contributed by atoms with Crippen LogP contribution in [0.4, 0.5) is 4.39 Å². The van der Waals surface area contributed by atoms with E-state index >= 15 is 0 Å². The molecule has 192 valence electrons. The Hall–Kier alpha value is -3.40. The second-order valence-electron chi connectivity index (χ2n) is 9.08. The first kappa shape index (κ1) is 25.3. The third kappa shape index (κ3) is 6.12. The fraction of sp³-hybridized carbons (Fsp3) is 0.321. The van der Waals surface area contributed by atoms with Gasteiger partial charge in [-0.3, -0.25) is 14.5 Å². The molecule has 37 heavy (non-hydrogen) atoms. The molecule has 0 saturated carbocycles. The molecule has 2 aliphatic heterocycles. The summed E-state index contributed by atoms with van der Waals surface area (Å²) in [5, 5.41) is 8.23. The lowest BCUT2D eigenvalue weighted by atomic mass is 10.0. The summed E-state index contributed by atoms with van der Waals surface area (Å²) < 4.78 is 19.3. The first-order valence-corrected chi connectivity index (χ1v) is 13.3. The molecule has 1 fully saturated rings. The Morgan fingerprint density at radius 3 is 2.59 bits per heavy atom. The van der Waals surface area contributed by atoms with E-state index in [-0.39, 0.29) is 30.0 Å². The van der Waals surface area contributed by atoms with Crippen molar-refractivity contribution in [3.63, 3.8) is 0 Å². The highest BCUT2D eigenvalue weighted by atomic mass is 32.1. The maximum atomic E-state index is 13.9. The summed E-state index contributed by atoms with van der Waals surface area (Å²) in [6, 6.07) is 19.1. The van der Waals surface area contributed by atoms with E-state index in [9.17, 15) is 14.0 Å². The standard InChI is InChI=1S/C28H29FN4O3S/c29-23-9-4-8-22(18-23)28(35)32(12-11-31-13-15-36-16-14-31)20-27(34)33-25(21-6-2-1-3-7-21)19-24(30-33)26-10-5-17-37-26/h1-10,17-18,25H,11-16,19-20H2. The van der Waals surface area contributed by atoms with Gasteiger partial charge in [0.1, 0.15) is 12.4 Å². The molecule has 2 amide bonds. The van der Waals surface area contributed by atoms with Gasteiger partial charge < -0.3 is 9.64 Å². The summed E-state index contributed by atoms with van der Waals surface area (Å²) in [5.74, 6) is -1.13. The fourth-order valence-corrected chi connectivity index (χ4v) is 5.37. The molecule has 0 bridgehead atoms. The average Bonchev–Trinajstić information content (AvgIpc) is 3.62. The van der Waals surface area contributed by atoms with Crippen molar-refractivity contribution in [3.8, 4) is 0 Å². The quantitative estimate of drug-likeness (QED) is 0.450. The van der Waals surface area contributed by atoms with Gasteiger partial charge in [0.2, 0.25) is 0 Å². The molecule has 0 aliphatic carbocycles. The van der Waals surface area contributed by atoms with E-state index in [2.05, 4.69) is 4.90 Å². The van der Waals surface area contributed by atoms with Crippen molar-refractivity contribution in [2.45, 2.75) is 12.5 Å². The van der Waals surface area contributed by atoms with Gasteiger partial charge in [0.25, 0.3) is 11.8 Å². The van der Waals surface area contributed by atoms with E-state index in [1.807, 2.05) is 47.8 Å². The van der Waals surface area contributed by atoms with Gasteiger partial charge >= 0.3 is 0 Å². The normalized spacial score (nSPS) is 18.0. The Kier molecular flexibility index (Phi) is 8.03. The molecule has 5 rings (SSSR count). The molecule has 7 nitrogen and oxygen atoms in total. The third-order valence-corrected chi connectivity index (χ3v) is 7.55. The molecule has 2 aliphatic rings. The van der Waals surface area contributed by atoms with E-state index in [1.165, 1.54) is 28.1 Å². The second-order valence-corrected chi connectivity index (χ2v) is 10.0. The molecule has 1 saturated heterocycles. The van der Waals surface area contributed by atoms with Crippen molar-refractivity contribution in [3.05, 3.63) is 93.9 Å². The molecular weight excluding hydrogens is 491 g/mol. The first-order valence-electron chi connectivity index (χ1n) is 12.4. The molecule has 9 heteroatoms. The summed E-state index contributed by atoms with van der Waals surface area (Å²) in [5.41, 5.74) is 2.06. The maximum Gasteiger partial charge on any atom is 0.262 e. The Morgan fingerprint density at radius 2 is 1.86 bits per heavy atom. The highest BCUT2D eigenvalue weighted by Gasteiger charge is 2.35. The van der Waals surface area contributed by atoms with Crippen molar-refractivity contribution < 1.29 is 18.7 Å². The summed E-state index contributed by atoms with van der Waals surface area (Å²) in [6.07, 6.45) is 0.599. The number of hydrogen-bond acceptors (Lipinski definition) is 6. The van der Waals surface area contributed by atoms with Crippen LogP contribution in [0.5, 0.6) is 0 Å².